The molecule has 0 aliphatic carbocycles. The Labute approximate surface area is 84.5 Å². The summed E-state index contributed by atoms with van der Waals surface area (Å²) in [5.74, 6) is 1.21. The van der Waals surface area contributed by atoms with Crippen molar-refractivity contribution in [1.82, 2.24) is 14.8 Å². The molecule has 1 aromatic rings. The molecule has 0 saturated heterocycles. The molecule has 0 aromatic carbocycles. The lowest BCUT2D eigenvalue weighted by molar-refractivity contribution is 0.795. The van der Waals surface area contributed by atoms with E-state index in [1.54, 1.807) is 10.9 Å². The smallest absolute Gasteiger partial charge is 0.155 e. The lowest BCUT2D eigenvalue weighted by Crippen LogP contribution is -1.95. The van der Waals surface area contributed by atoms with Crippen LogP contribution in [0.2, 0.25) is 0 Å². The molecule has 0 aliphatic heterocycles. The Hall–Kier alpha value is -1.64. The summed E-state index contributed by atoms with van der Waals surface area (Å²) in [5, 5.41) is 3.99. The van der Waals surface area contributed by atoms with Crippen LogP contribution in [0.5, 0.6) is 0 Å². The van der Waals surface area contributed by atoms with Gasteiger partial charge < -0.3 is 0 Å². The Morgan fingerprint density at radius 3 is 2.71 bits per heavy atom. The molecular formula is C11H15N3. The van der Waals surface area contributed by atoms with E-state index in [1.807, 2.05) is 12.2 Å². The van der Waals surface area contributed by atoms with E-state index in [0.29, 0.717) is 5.92 Å². The van der Waals surface area contributed by atoms with Crippen LogP contribution >= 0.6 is 0 Å². The van der Waals surface area contributed by atoms with Gasteiger partial charge >= 0.3 is 0 Å². The van der Waals surface area contributed by atoms with Gasteiger partial charge in [-0.2, -0.15) is 5.10 Å². The lowest BCUT2D eigenvalue weighted by atomic mass is 10.0. The van der Waals surface area contributed by atoms with E-state index < -0.39 is 0 Å². The van der Waals surface area contributed by atoms with Crippen molar-refractivity contribution in [3.63, 3.8) is 0 Å². The third-order valence-electron chi connectivity index (χ3n) is 1.97. The summed E-state index contributed by atoms with van der Waals surface area (Å²) in [6.45, 7) is 11.6. The number of allylic oxidation sites excluding steroid dienone is 2. The summed E-state index contributed by atoms with van der Waals surface area (Å²) in [6.07, 6.45) is 6.94. The standard InChI is InChI=1S/C11H15N3/c1-5-10(9(3)4)7-11-12-8-13-14(11)6-2/h5-9H,1-2H2,3-4H3/b10-7+. The molecule has 74 valence electrons. The molecule has 0 spiro atoms. The van der Waals surface area contributed by atoms with Crippen molar-refractivity contribution in [3.8, 4) is 0 Å². The molecule has 1 heterocycles. The van der Waals surface area contributed by atoms with Crippen molar-refractivity contribution in [2.45, 2.75) is 13.8 Å². The van der Waals surface area contributed by atoms with E-state index in [1.165, 1.54) is 6.33 Å². The van der Waals surface area contributed by atoms with Crippen molar-refractivity contribution < 1.29 is 0 Å². The highest BCUT2D eigenvalue weighted by Crippen LogP contribution is 2.13. The van der Waals surface area contributed by atoms with Crippen LogP contribution in [0.25, 0.3) is 12.3 Å². The molecule has 1 rings (SSSR count). The van der Waals surface area contributed by atoms with Gasteiger partial charge in [-0.1, -0.05) is 33.1 Å². The molecule has 0 unspecified atom stereocenters. The fourth-order valence-corrected chi connectivity index (χ4v) is 1.11. The summed E-state index contributed by atoms with van der Waals surface area (Å²) < 4.78 is 1.63. The third-order valence-corrected chi connectivity index (χ3v) is 1.97. The minimum atomic E-state index is 0.433. The minimum absolute atomic E-state index is 0.433. The van der Waals surface area contributed by atoms with Crippen molar-refractivity contribution in [2.24, 2.45) is 5.92 Å². The number of rotatable bonds is 4. The molecule has 0 fully saturated rings. The molecule has 0 N–H and O–H groups in total. The highest BCUT2D eigenvalue weighted by molar-refractivity contribution is 5.51. The summed E-state index contributed by atoms with van der Waals surface area (Å²) in [4.78, 5) is 4.11. The minimum Gasteiger partial charge on any atom is -0.222 e. The average Bonchev–Trinajstić information content (AvgIpc) is 2.60. The summed E-state index contributed by atoms with van der Waals surface area (Å²) in [5.41, 5.74) is 1.14. The fraction of sp³-hybridized carbons (Fsp3) is 0.273. The van der Waals surface area contributed by atoms with Gasteiger partial charge in [0.25, 0.3) is 0 Å². The molecule has 1 aromatic heterocycles. The highest BCUT2D eigenvalue weighted by atomic mass is 15.3. The van der Waals surface area contributed by atoms with Crippen molar-refractivity contribution >= 4 is 12.3 Å². The molecule has 3 heteroatoms. The zero-order chi connectivity index (χ0) is 10.6. The molecule has 0 bridgehead atoms. The fourth-order valence-electron chi connectivity index (χ4n) is 1.11. The second-order valence-electron chi connectivity index (χ2n) is 3.25. The van der Waals surface area contributed by atoms with Gasteiger partial charge in [0.05, 0.1) is 0 Å². The van der Waals surface area contributed by atoms with Crippen LogP contribution in [-0.2, 0) is 0 Å². The molecule has 0 aliphatic rings. The molecular weight excluding hydrogens is 174 g/mol. The van der Waals surface area contributed by atoms with Crippen LogP contribution in [0.3, 0.4) is 0 Å². The first-order chi connectivity index (χ1) is 6.69. The second kappa shape index (κ2) is 4.56. The SMILES string of the molecule is C=C/C(=C\c1ncnn1C=C)C(C)C. The Bertz CT molecular complexity index is 358. The van der Waals surface area contributed by atoms with E-state index >= 15 is 0 Å². The van der Waals surface area contributed by atoms with Crippen molar-refractivity contribution in [1.29, 1.82) is 0 Å². The quantitative estimate of drug-likeness (QED) is 0.681. The van der Waals surface area contributed by atoms with Gasteiger partial charge in [-0.15, -0.1) is 0 Å². The summed E-state index contributed by atoms with van der Waals surface area (Å²) in [7, 11) is 0. The highest BCUT2D eigenvalue weighted by Gasteiger charge is 2.02. The Balaban J connectivity index is 3.05. The number of hydrogen-bond donors (Lipinski definition) is 0. The predicted molar refractivity (Wildman–Crippen MR) is 59.4 cm³/mol. The third kappa shape index (κ3) is 2.19. The molecule has 0 amide bonds. The first-order valence-electron chi connectivity index (χ1n) is 4.55. The average molecular weight is 189 g/mol. The molecule has 14 heavy (non-hydrogen) atoms. The monoisotopic (exact) mass is 189 g/mol. The zero-order valence-electron chi connectivity index (χ0n) is 8.64. The number of aromatic nitrogens is 3. The van der Waals surface area contributed by atoms with E-state index in [9.17, 15) is 0 Å². The first-order valence-corrected chi connectivity index (χ1v) is 4.55. The van der Waals surface area contributed by atoms with E-state index in [-0.39, 0.29) is 0 Å². The molecule has 0 saturated carbocycles. The molecule has 0 atom stereocenters. The van der Waals surface area contributed by atoms with E-state index in [2.05, 4.69) is 37.1 Å². The lowest BCUT2D eigenvalue weighted by Gasteiger charge is -2.04. The topological polar surface area (TPSA) is 30.7 Å². The van der Waals surface area contributed by atoms with Crippen LogP contribution in [0, 0.1) is 5.92 Å². The maximum atomic E-state index is 4.11. The zero-order valence-corrected chi connectivity index (χ0v) is 8.64. The second-order valence-corrected chi connectivity index (χ2v) is 3.25. The summed E-state index contributed by atoms with van der Waals surface area (Å²) in [6, 6.07) is 0. The Morgan fingerprint density at radius 2 is 2.21 bits per heavy atom. The van der Waals surface area contributed by atoms with Crippen LogP contribution < -0.4 is 0 Å². The summed E-state index contributed by atoms with van der Waals surface area (Å²) >= 11 is 0. The molecule has 0 radical (unpaired) electrons. The van der Waals surface area contributed by atoms with Crippen molar-refractivity contribution in [2.75, 3.05) is 0 Å². The van der Waals surface area contributed by atoms with Crippen molar-refractivity contribution in [3.05, 3.63) is 37.0 Å². The van der Waals surface area contributed by atoms with Crippen LogP contribution in [0.4, 0.5) is 0 Å². The Kier molecular flexibility index (Phi) is 3.40. The van der Waals surface area contributed by atoms with Crippen LogP contribution in [0.15, 0.2) is 31.1 Å². The maximum Gasteiger partial charge on any atom is 0.155 e. The van der Waals surface area contributed by atoms with Crippen LogP contribution in [0.1, 0.15) is 19.7 Å². The number of nitrogens with zero attached hydrogens (tertiary/aromatic N) is 3. The maximum absolute atomic E-state index is 4.11. The number of hydrogen-bond acceptors (Lipinski definition) is 2. The van der Waals surface area contributed by atoms with Gasteiger partial charge in [-0.05, 0) is 17.6 Å². The van der Waals surface area contributed by atoms with Gasteiger partial charge in [0.1, 0.15) is 6.33 Å². The molecule has 3 nitrogen and oxygen atoms in total. The normalized spacial score (nSPS) is 11.8. The Morgan fingerprint density at radius 1 is 1.50 bits per heavy atom. The van der Waals surface area contributed by atoms with Gasteiger partial charge in [0.15, 0.2) is 5.82 Å². The van der Waals surface area contributed by atoms with Gasteiger partial charge in [0, 0.05) is 6.20 Å². The van der Waals surface area contributed by atoms with Gasteiger partial charge in [0.2, 0.25) is 0 Å². The first kappa shape index (κ1) is 10.4. The van der Waals surface area contributed by atoms with Gasteiger partial charge in [-0.25, -0.2) is 9.67 Å². The van der Waals surface area contributed by atoms with E-state index in [4.69, 9.17) is 0 Å². The largest absolute Gasteiger partial charge is 0.222 e. The van der Waals surface area contributed by atoms with E-state index in [0.717, 1.165) is 11.4 Å². The van der Waals surface area contributed by atoms with Crippen LogP contribution in [-0.4, -0.2) is 14.8 Å². The van der Waals surface area contributed by atoms with Gasteiger partial charge in [-0.3, -0.25) is 0 Å². The predicted octanol–water partition coefficient (Wildman–Crippen LogP) is 2.60.